The molecule has 1 heterocycles. The van der Waals surface area contributed by atoms with E-state index in [2.05, 4.69) is 5.32 Å². The fraction of sp³-hybridized carbons (Fsp3) is 0.467. The molecular formula is C15H19ClN2O3. The Morgan fingerprint density at radius 2 is 2.19 bits per heavy atom. The molecule has 5 nitrogen and oxygen atoms in total. The first-order chi connectivity index (χ1) is 10.1. The van der Waals surface area contributed by atoms with Crippen LogP contribution in [0.3, 0.4) is 0 Å². The number of esters is 1. The maximum atomic E-state index is 12.5. The molecule has 21 heavy (non-hydrogen) atoms. The quantitative estimate of drug-likeness (QED) is 0.850. The SMILES string of the molecule is CCOC(=O)C1CNCCN1C(=O)Cc1ccccc1Cl. The molecule has 0 spiro atoms. The average Bonchev–Trinajstić information content (AvgIpc) is 2.50. The predicted octanol–water partition coefficient (Wildman–Crippen LogP) is 1.25. The van der Waals surface area contributed by atoms with Crippen molar-refractivity contribution in [2.45, 2.75) is 19.4 Å². The van der Waals surface area contributed by atoms with Gasteiger partial charge in [0.1, 0.15) is 6.04 Å². The summed E-state index contributed by atoms with van der Waals surface area (Å²) in [6.07, 6.45) is 0.190. The third kappa shape index (κ3) is 3.95. The fourth-order valence-electron chi connectivity index (χ4n) is 2.36. The van der Waals surface area contributed by atoms with Gasteiger partial charge in [-0.15, -0.1) is 0 Å². The monoisotopic (exact) mass is 310 g/mol. The van der Waals surface area contributed by atoms with E-state index in [1.165, 1.54) is 0 Å². The molecule has 6 heteroatoms. The number of nitrogens with one attached hydrogen (secondary N) is 1. The van der Waals surface area contributed by atoms with Crippen molar-refractivity contribution >= 4 is 23.5 Å². The Bertz CT molecular complexity index is 521. The number of rotatable bonds is 4. The molecule has 1 aliphatic rings. The van der Waals surface area contributed by atoms with Gasteiger partial charge in [0.05, 0.1) is 13.0 Å². The van der Waals surface area contributed by atoms with E-state index in [4.69, 9.17) is 16.3 Å². The lowest BCUT2D eigenvalue weighted by molar-refractivity contribution is -0.155. The second-order valence-electron chi connectivity index (χ2n) is 4.83. The Morgan fingerprint density at radius 3 is 2.90 bits per heavy atom. The summed E-state index contributed by atoms with van der Waals surface area (Å²) in [5.74, 6) is -0.472. The van der Waals surface area contributed by atoms with Gasteiger partial charge in [-0.1, -0.05) is 29.8 Å². The van der Waals surface area contributed by atoms with Crippen molar-refractivity contribution < 1.29 is 14.3 Å². The Kier molecular flexibility index (Phi) is 5.59. The molecular weight excluding hydrogens is 292 g/mol. The molecule has 0 aromatic heterocycles. The molecule has 0 radical (unpaired) electrons. The number of piperazine rings is 1. The normalized spacial score (nSPS) is 18.4. The summed E-state index contributed by atoms with van der Waals surface area (Å²) in [7, 11) is 0. The number of hydrogen-bond donors (Lipinski definition) is 1. The van der Waals surface area contributed by atoms with E-state index >= 15 is 0 Å². The van der Waals surface area contributed by atoms with Crippen molar-refractivity contribution in [2.75, 3.05) is 26.2 Å². The van der Waals surface area contributed by atoms with Gasteiger partial charge >= 0.3 is 5.97 Å². The molecule has 1 saturated heterocycles. The third-order valence-electron chi connectivity index (χ3n) is 3.42. The highest BCUT2D eigenvalue weighted by molar-refractivity contribution is 6.31. The van der Waals surface area contributed by atoms with Gasteiger partial charge in [0.2, 0.25) is 5.91 Å². The highest BCUT2D eigenvalue weighted by Crippen LogP contribution is 2.17. The number of ether oxygens (including phenoxy) is 1. The summed E-state index contributed by atoms with van der Waals surface area (Å²) in [5, 5.41) is 3.68. The molecule has 1 N–H and O–H groups in total. The topological polar surface area (TPSA) is 58.6 Å². The van der Waals surface area contributed by atoms with Crippen LogP contribution in [0.2, 0.25) is 5.02 Å². The summed E-state index contributed by atoms with van der Waals surface area (Å²) in [5.41, 5.74) is 0.769. The van der Waals surface area contributed by atoms with Crippen LogP contribution < -0.4 is 5.32 Å². The number of carbonyl (C=O) groups excluding carboxylic acids is 2. The van der Waals surface area contributed by atoms with E-state index in [-0.39, 0.29) is 18.3 Å². The number of halogens is 1. The van der Waals surface area contributed by atoms with Crippen molar-refractivity contribution in [2.24, 2.45) is 0 Å². The van der Waals surface area contributed by atoms with E-state index in [1.807, 2.05) is 18.2 Å². The van der Waals surface area contributed by atoms with Gasteiger partial charge in [-0.25, -0.2) is 4.79 Å². The molecule has 1 unspecified atom stereocenters. The van der Waals surface area contributed by atoms with E-state index in [1.54, 1.807) is 17.9 Å². The van der Waals surface area contributed by atoms with E-state index in [0.717, 1.165) is 5.56 Å². The second kappa shape index (κ2) is 7.43. The van der Waals surface area contributed by atoms with E-state index < -0.39 is 6.04 Å². The maximum Gasteiger partial charge on any atom is 0.330 e. The highest BCUT2D eigenvalue weighted by Gasteiger charge is 2.33. The van der Waals surface area contributed by atoms with Crippen LogP contribution >= 0.6 is 11.6 Å². The van der Waals surface area contributed by atoms with Gasteiger partial charge in [0.15, 0.2) is 0 Å². The van der Waals surface area contributed by atoms with E-state index in [9.17, 15) is 9.59 Å². The zero-order valence-electron chi connectivity index (χ0n) is 12.0. The summed E-state index contributed by atoms with van der Waals surface area (Å²) in [6.45, 7) is 3.65. The first kappa shape index (κ1) is 15.8. The smallest absolute Gasteiger partial charge is 0.330 e. The molecule has 2 rings (SSSR count). The van der Waals surface area contributed by atoms with Crippen molar-refractivity contribution in [3.63, 3.8) is 0 Å². The summed E-state index contributed by atoms with van der Waals surface area (Å²) < 4.78 is 5.04. The second-order valence-corrected chi connectivity index (χ2v) is 5.23. The summed E-state index contributed by atoms with van der Waals surface area (Å²) >= 11 is 6.08. The molecule has 1 aromatic carbocycles. The summed E-state index contributed by atoms with van der Waals surface area (Å²) in [4.78, 5) is 26.0. The number of nitrogens with zero attached hydrogens (tertiary/aromatic N) is 1. The minimum absolute atomic E-state index is 0.109. The van der Waals surface area contributed by atoms with Crippen molar-refractivity contribution in [1.82, 2.24) is 10.2 Å². The number of benzene rings is 1. The standard InChI is InChI=1S/C15H19ClN2O3/c1-2-21-15(20)13-10-17-7-8-18(13)14(19)9-11-5-3-4-6-12(11)16/h3-6,13,17H,2,7-10H2,1H3. The number of hydrogen-bond acceptors (Lipinski definition) is 4. The zero-order chi connectivity index (χ0) is 15.2. The Morgan fingerprint density at radius 1 is 1.43 bits per heavy atom. The van der Waals surface area contributed by atoms with Gasteiger partial charge in [0.25, 0.3) is 0 Å². The van der Waals surface area contributed by atoms with Crippen LogP contribution in [0.4, 0.5) is 0 Å². The van der Waals surface area contributed by atoms with Crippen molar-refractivity contribution in [3.05, 3.63) is 34.9 Å². The first-order valence-electron chi connectivity index (χ1n) is 7.03. The predicted molar refractivity (Wildman–Crippen MR) is 80.2 cm³/mol. The molecule has 0 bridgehead atoms. The van der Waals surface area contributed by atoms with Gasteiger partial charge in [0, 0.05) is 24.7 Å². The molecule has 1 atom stereocenters. The fourth-order valence-corrected chi connectivity index (χ4v) is 2.56. The van der Waals surface area contributed by atoms with Crippen LogP contribution in [-0.2, 0) is 20.7 Å². The van der Waals surface area contributed by atoms with Crippen LogP contribution in [0, 0.1) is 0 Å². The molecule has 1 aliphatic heterocycles. The largest absolute Gasteiger partial charge is 0.464 e. The first-order valence-corrected chi connectivity index (χ1v) is 7.41. The van der Waals surface area contributed by atoms with Gasteiger partial charge in [-0.3, -0.25) is 4.79 Å². The van der Waals surface area contributed by atoms with Crippen LogP contribution in [-0.4, -0.2) is 49.1 Å². The Labute approximate surface area is 129 Å². The van der Waals surface area contributed by atoms with Crippen LogP contribution in [0.5, 0.6) is 0 Å². The van der Waals surface area contributed by atoms with Gasteiger partial charge in [-0.05, 0) is 18.6 Å². The number of amides is 1. The molecule has 1 fully saturated rings. The lowest BCUT2D eigenvalue weighted by Crippen LogP contribution is -2.57. The van der Waals surface area contributed by atoms with Crippen LogP contribution in [0.1, 0.15) is 12.5 Å². The molecule has 114 valence electrons. The van der Waals surface area contributed by atoms with Crippen LogP contribution in [0.15, 0.2) is 24.3 Å². The number of carbonyl (C=O) groups is 2. The molecule has 1 amide bonds. The minimum atomic E-state index is -0.561. The summed E-state index contributed by atoms with van der Waals surface area (Å²) in [6, 6.07) is 6.68. The Hall–Kier alpha value is -1.59. The van der Waals surface area contributed by atoms with Crippen molar-refractivity contribution in [1.29, 1.82) is 0 Å². The maximum absolute atomic E-state index is 12.5. The Balaban J connectivity index is 2.08. The van der Waals surface area contributed by atoms with Gasteiger partial charge in [-0.2, -0.15) is 0 Å². The lowest BCUT2D eigenvalue weighted by Gasteiger charge is -2.34. The molecule has 1 aromatic rings. The zero-order valence-corrected chi connectivity index (χ0v) is 12.7. The van der Waals surface area contributed by atoms with Crippen LogP contribution in [0.25, 0.3) is 0 Å². The van der Waals surface area contributed by atoms with Gasteiger partial charge < -0.3 is 15.0 Å². The van der Waals surface area contributed by atoms with Crippen molar-refractivity contribution in [3.8, 4) is 0 Å². The highest BCUT2D eigenvalue weighted by atomic mass is 35.5. The third-order valence-corrected chi connectivity index (χ3v) is 3.79. The molecule has 0 aliphatic carbocycles. The average molecular weight is 311 g/mol. The van der Waals surface area contributed by atoms with E-state index in [0.29, 0.717) is 31.3 Å². The molecule has 0 saturated carbocycles. The minimum Gasteiger partial charge on any atom is -0.464 e. The lowest BCUT2D eigenvalue weighted by atomic mass is 10.1.